The van der Waals surface area contributed by atoms with Crippen molar-refractivity contribution in [2.24, 2.45) is 0 Å². The van der Waals surface area contributed by atoms with Gasteiger partial charge in [-0.3, -0.25) is 4.98 Å². The lowest BCUT2D eigenvalue weighted by Crippen LogP contribution is -2.31. The number of hydrogen-bond donors (Lipinski definition) is 1. The van der Waals surface area contributed by atoms with Crippen LogP contribution in [0.3, 0.4) is 0 Å². The summed E-state index contributed by atoms with van der Waals surface area (Å²) in [5.74, 6) is 2.19. The van der Waals surface area contributed by atoms with Crippen LogP contribution < -0.4 is 10.2 Å². The van der Waals surface area contributed by atoms with Gasteiger partial charge in [0, 0.05) is 39.0 Å². The van der Waals surface area contributed by atoms with E-state index in [0.717, 1.165) is 30.4 Å². The molecule has 0 bridgehead atoms. The zero-order chi connectivity index (χ0) is 14.5. The van der Waals surface area contributed by atoms with Crippen LogP contribution in [0.1, 0.15) is 30.7 Å². The second-order valence-electron chi connectivity index (χ2n) is 5.21. The normalized spacial score (nSPS) is 15.0. The van der Waals surface area contributed by atoms with E-state index in [-0.39, 0.29) is 0 Å². The minimum Gasteiger partial charge on any atom is -0.357 e. The molecule has 110 valence electrons. The highest BCUT2D eigenvalue weighted by Crippen LogP contribution is 2.17. The van der Waals surface area contributed by atoms with E-state index in [9.17, 15) is 0 Å². The highest BCUT2D eigenvalue weighted by atomic mass is 15.3. The fourth-order valence-corrected chi connectivity index (χ4v) is 2.52. The van der Waals surface area contributed by atoms with Crippen LogP contribution >= 0.6 is 0 Å². The van der Waals surface area contributed by atoms with Gasteiger partial charge in [-0.05, 0) is 30.9 Å². The lowest BCUT2D eigenvalue weighted by molar-refractivity contribution is 0.566. The third-order valence-corrected chi connectivity index (χ3v) is 3.62. The molecule has 0 unspecified atom stereocenters. The van der Waals surface area contributed by atoms with Gasteiger partial charge in [-0.2, -0.15) is 15.0 Å². The molecule has 1 saturated heterocycles. The molecule has 0 saturated carbocycles. The Hall–Kier alpha value is -2.24. The summed E-state index contributed by atoms with van der Waals surface area (Å²) in [4.78, 5) is 20.0. The minimum absolute atomic E-state index is 0.629. The van der Waals surface area contributed by atoms with Crippen LogP contribution in [0, 0.1) is 0 Å². The Morgan fingerprint density at radius 2 is 2.00 bits per heavy atom. The third-order valence-electron chi connectivity index (χ3n) is 3.62. The zero-order valence-corrected chi connectivity index (χ0v) is 12.3. The van der Waals surface area contributed by atoms with Gasteiger partial charge >= 0.3 is 0 Å². The molecule has 0 aliphatic carbocycles. The Morgan fingerprint density at radius 3 is 2.71 bits per heavy atom. The van der Waals surface area contributed by atoms with Gasteiger partial charge in [0.15, 0.2) is 0 Å². The zero-order valence-electron chi connectivity index (χ0n) is 12.3. The Bertz CT molecular complexity index is 580. The molecule has 0 atom stereocenters. The molecule has 1 aliphatic heterocycles. The van der Waals surface area contributed by atoms with Crippen LogP contribution in [0.15, 0.2) is 24.5 Å². The molecular weight excluding hydrogens is 264 g/mol. The molecule has 1 N–H and O–H groups in total. The predicted octanol–water partition coefficient (Wildman–Crippen LogP) is 1.89. The Balaban J connectivity index is 1.85. The van der Waals surface area contributed by atoms with Crippen LogP contribution in [0.5, 0.6) is 0 Å². The lowest BCUT2D eigenvalue weighted by atomic mass is 10.1. The molecular formula is C15H20N6. The molecule has 0 spiro atoms. The standard InChI is InChI=1S/C15H20N6/c1-16-14-18-13(10-12-6-5-7-17-11-12)19-15(20-14)21-8-3-2-4-9-21/h5-7,11H,2-4,8-10H2,1H3,(H,16,18,19,20). The fraction of sp³-hybridized carbons (Fsp3) is 0.467. The molecule has 1 fully saturated rings. The summed E-state index contributed by atoms with van der Waals surface area (Å²) in [6.45, 7) is 2.05. The van der Waals surface area contributed by atoms with Crippen LogP contribution in [0.4, 0.5) is 11.9 Å². The number of piperidine rings is 1. The minimum atomic E-state index is 0.629. The molecule has 3 rings (SSSR count). The van der Waals surface area contributed by atoms with E-state index in [4.69, 9.17) is 0 Å². The first kappa shape index (κ1) is 13.7. The fourth-order valence-electron chi connectivity index (χ4n) is 2.52. The molecule has 0 aromatic carbocycles. The lowest BCUT2D eigenvalue weighted by Gasteiger charge is -2.26. The van der Waals surface area contributed by atoms with Crippen molar-refractivity contribution in [3.8, 4) is 0 Å². The number of anilines is 2. The van der Waals surface area contributed by atoms with Gasteiger partial charge in [-0.15, -0.1) is 0 Å². The number of pyridine rings is 1. The van der Waals surface area contributed by atoms with Crippen molar-refractivity contribution < 1.29 is 0 Å². The van der Waals surface area contributed by atoms with Crippen molar-refractivity contribution in [2.75, 3.05) is 30.4 Å². The predicted molar refractivity (Wildman–Crippen MR) is 82.5 cm³/mol. The van der Waals surface area contributed by atoms with Gasteiger partial charge in [0.25, 0.3) is 0 Å². The summed E-state index contributed by atoms with van der Waals surface area (Å²) in [5, 5.41) is 3.03. The SMILES string of the molecule is CNc1nc(Cc2cccnc2)nc(N2CCCCC2)n1. The highest BCUT2D eigenvalue weighted by Gasteiger charge is 2.16. The first-order chi connectivity index (χ1) is 10.3. The first-order valence-corrected chi connectivity index (χ1v) is 7.42. The van der Waals surface area contributed by atoms with Crippen LogP contribution in [0.2, 0.25) is 0 Å². The summed E-state index contributed by atoms with van der Waals surface area (Å²) in [6.07, 6.45) is 8.00. The number of rotatable bonds is 4. The van der Waals surface area contributed by atoms with Crippen LogP contribution in [0.25, 0.3) is 0 Å². The van der Waals surface area contributed by atoms with Gasteiger partial charge in [0.2, 0.25) is 11.9 Å². The van der Waals surface area contributed by atoms with Crippen molar-refractivity contribution in [3.63, 3.8) is 0 Å². The molecule has 1 aliphatic rings. The molecule has 6 heteroatoms. The number of hydrogen-bond acceptors (Lipinski definition) is 6. The van der Waals surface area contributed by atoms with Crippen molar-refractivity contribution in [2.45, 2.75) is 25.7 Å². The van der Waals surface area contributed by atoms with Gasteiger partial charge in [-0.1, -0.05) is 6.07 Å². The average molecular weight is 284 g/mol. The molecule has 21 heavy (non-hydrogen) atoms. The Morgan fingerprint density at radius 1 is 1.14 bits per heavy atom. The average Bonchev–Trinajstić information content (AvgIpc) is 2.56. The van der Waals surface area contributed by atoms with Crippen LogP contribution in [-0.4, -0.2) is 40.1 Å². The number of aromatic nitrogens is 4. The summed E-state index contributed by atoms with van der Waals surface area (Å²) in [5.41, 5.74) is 1.11. The van der Waals surface area contributed by atoms with Gasteiger partial charge < -0.3 is 10.2 Å². The van der Waals surface area contributed by atoms with Crippen LogP contribution in [-0.2, 0) is 6.42 Å². The van der Waals surface area contributed by atoms with Crippen molar-refractivity contribution >= 4 is 11.9 Å². The van der Waals surface area contributed by atoms with E-state index >= 15 is 0 Å². The molecule has 2 aromatic heterocycles. The van der Waals surface area contributed by atoms with E-state index in [1.54, 1.807) is 6.20 Å². The van der Waals surface area contributed by atoms with Crippen molar-refractivity contribution in [1.82, 2.24) is 19.9 Å². The maximum atomic E-state index is 4.64. The number of nitrogens with one attached hydrogen (secondary N) is 1. The topological polar surface area (TPSA) is 66.8 Å². The monoisotopic (exact) mass is 284 g/mol. The van der Waals surface area contributed by atoms with Gasteiger partial charge in [0.05, 0.1) is 0 Å². The maximum Gasteiger partial charge on any atom is 0.230 e. The Kier molecular flexibility index (Phi) is 4.23. The molecule has 6 nitrogen and oxygen atoms in total. The van der Waals surface area contributed by atoms with Crippen molar-refractivity contribution in [1.29, 1.82) is 0 Å². The van der Waals surface area contributed by atoms with Gasteiger partial charge in [0.1, 0.15) is 5.82 Å². The molecule has 0 amide bonds. The quantitative estimate of drug-likeness (QED) is 0.925. The van der Waals surface area contributed by atoms with E-state index in [0.29, 0.717) is 12.4 Å². The molecule has 0 radical (unpaired) electrons. The smallest absolute Gasteiger partial charge is 0.230 e. The highest BCUT2D eigenvalue weighted by molar-refractivity contribution is 5.37. The van der Waals surface area contributed by atoms with E-state index in [1.165, 1.54) is 19.3 Å². The molecule has 3 heterocycles. The number of nitrogens with zero attached hydrogens (tertiary/aromatic N) is 5. The van der Waals surface area contributed by atoms with E-state index in [2.05, 4.69) is 30.2 Å². The maximum absolute atomic E-state index is 4.64. The second kappa shape index (κ2) is 6.47. The van der Waals surface area contributed by atoms with E-state index in [1.807, 2.05) is 25.4 Å². The Labute approximate surface area is 124 Å². The first-order valence-electron chi connectivity index (χ1n) is 7.42. The summed E-state index contributed by atoms with van der Waals surface area (Å²) in [7, 11) is 1.84. The van der Waals surface area contributed by atoms with Crippen molar-refractivity contribution in [3.05, 3.63) is 35.9 Å². The second-order valence-corrected chi connectivity index (χ2v) is 5.21. The third kappa shape index (κ3) is 3.45. The van der Waals surface area contributed by atoms with E-state index < -0.39 is 0 Å². The van der Waals surface area contributed by atoms with Gasteiger partial charge in [-0.25, -0.2) is 0 Å². The molecule has 2 aromatic rings. The summed E-state index contributed by atoms with van der Waals surface area (Å²) >= 11 is 0. The summed E-state index contributed by atoms with van der Waals surface area (Å²) < 4.78 is 0. The largest absolute Gasteiger partial charge is 0.357 e. The summed E-state index contributed by atoms with van der Waals surface area (Å²) in [6, 6.07) is 3.97.